The van der Waals surface area contributed by atoms with Gasteiger partial charge < -0.3 is 14.4 Å². The van der Waals surface area contributed by atoms with Crippen molar-refractivity contribution >= 4 is 11.4 Å². The van der Waals surface area contributed by atoms with Crippen molar-refractivity contribution in [3.05, 3.63) is 27.8 Å². The molecule has 126 valence electrons. The number of nitro benzene ring substituents is 1. The van der Waals surface area contributed by atoms with Crippen LogP contribution in [0.1, 0.15) is 18.9 Å². The third kappa shape index (κ3) is 3.21. The number of morpholine rings is 1. The third-order valence-electron chi connectivity index (χ3n) is 4.21. The highest BCUT2D eigenvalue weighted by atomic mass is 19.3. The van der Waals surface area contributed by atoms with Gasteiger partial charge in [-0.1, -0.05) is 0 Å². The largest absolute Gasteiger partial charge is 0.487 e. The van der Waals surface area contributed by atoms with Crippen LogP contribution in [0, 0.1) is 10.1 Å². The van der Waals surface area contributed by atoms with Crippen molar-refractivity contribution in [2.75, 3.05) is 31.2 Å². The van der Waals surface area contributed by atoms with E-state index in [1.807, 2.05) is 4.90 Å². The molecule has 0 radical (unpaired) electrons. The van der Waals surface area contributed by atoms with Gasteiger partial charge in [0.2, 0.25) is 6.43 Å². The maximum Gasteiger partial charge on any atom is 0.293 e. The molecule has 0 spiro atoms. The van der Waals surface area contributed by atoms with Gasteiger partial charge >= 0.3 is 0 Å². The predicted octanol–water partition coefficient (Wildman–Crippen LogP) is 2.78. The molecule has 1 aromatic carbocycles. The lowest BCUT2D eigenvalue weighted by Crippen LogP contribution is -2.36. The lowest BCUT2D eigenvalue weighted by atomic mass is 9.95. The number of nitro groups is 1. The molecule has 1 unspecified atom stereocenters. The second-order valence-electron chi connectivity index (χ2n) is 6.13. The zero-order valence-corrected chi connectivity index (χ0v) is 12.8. The summed E-state index contributed by atoms with van der Waals surface area (Å²) in [6.45, 7) is 3.71. The van der Waals surface area contributed by atoms with Gasteiger partial charge in [-0.25, -0.2) is 8.78 Å². The molecule has 6 nitrogen and oxygen atoms in total. The third-order valence-corrected chi connectivity index (χ3v) is 4.21. The van der Waals surface area contributed by atoms with Crippen LogP contribution >= 0.6 is 0 Å². The molecular weight excluding hydrogens is 310 g/mol. The van der Waals surface area contributed by atoms with Crippen LogP contribution in [0.3, 0.4) is 0 Å². The second kappa shape index (κ2) is 5.92. The molecule has 2 heterocycles. The van der Waals surface area contributed by atoms with Gasteiger partial charge in [-0.15, -0.1) is 0 Å². The Kier molecular flexibility index (Phi) is 4.09. The first-order valence-electron chi connectivity index (χ1n) is 7.49. The van der Waals surface area contributed by atoms with E-state index in [0.29, 0.717) is 43.3 Å². The molecule has 2 aliphatic rings. The number of halogens is 2. The summed E-state index contributed by atoms with van der Waals surface area (Å²) in [6.07, 6.45) is -2.64. The summed E-state index contributed by atoms with van der Waals surface area (Å²) in [6, 6.07) is 3.06. The van der Waals surface area contributed by atoms with Crippen LogP contribution in [0.4, 0.5) is 20.2 Å². The topological polar surface area (TPSA) is 64.8 Å². The molecule has 0 N–H and O–H groups in total. The Morgan fingerprint density at radius 3 is 2.70 bits per heavy atom. The molecule has 8 heteroatoms. The molecule has 23 heavy (non-hydrogen) atoms. The molecule has 0 saturated carbocycles. The van der Waals surface area contributed by atoms with Crippen LogP contribution in [-0.4, -0.2) is 43.3 Å². The van der Waals surface area contributed by atoms with E-state index in [9.17, 15) is 18.9 Å². The van der Waals surface area contributed by atoms with E-state index < -0.39 is 23.4 Å². The normalized spacial score (nSPS) is 23.7. The van der Waals surface area contributed by atoms with E-state index in [1.54, 1.807) is 13.0 Å². The lowest BCUT2D eigenvalue weighted by molar-refractivity contribution is -0.384. The highest BCUT2D eigenvalue weighted by molar-refractivity contribution is 5.69. The Morgan fingerprint density at radius 2 is 2.09 bits per heavy atom. The lowest BCUT2D eigenvalue weighted by Gasteiger charge is -2.28. The minimum atomic E-state index is -2.48. The zero-order valence-electron chi connectivity index (χ0n) is 12.8. The fourth-order valence-electron chi connectivity index (χ4n) is 3.18. The van der Waals surface area contributed by atoms with Gasteiger partial charge in [-0.3, -0.25) is 10.1 Å². The Labute approximate surface area is 132 Å². The highest BCUT2D eigenvalue weighted by Gasteiger charge is 2.39. The fourth-order valence-corrected chi connectivity index (χ4v) is 3.18. The number of ether oxygens (including phenoxy) is 2. The summed E-state index contributed by atoms with van der Waals surface area (Å²) < 4.78 is 36.4. The van der Waals surface area contributed by atoms with Gasteiger partial charge in [0.25, 0.3) is 5.69 Å². The second-order valence-corrected chi connectivity index (χ2v) is 6.13. The van der Waals surface area contributed by atoms with Crippen molar-refractivity contribution in [1.29, 1.82) is 0 Å². The SMILES string of the molecule is CC1(CC(F)F)Cc2cc([N+](=O)[O-])c(N3CCOCC3)cc2O1. The van der Waals surface area contributed by atoms with E-state index in [-0.39, 0.29) is 12.1 Å². The Hall–Kier alpha value is -1.96. The van der Waals surface area contributed by atoms with Crippen LogP contribution in [-0.2, 0) is 11.2 Å². The minimum absolute atomic E-state index is 0.0180. The van der Waals surface area contributed by atoms with Crippen LogP contribution in [0.15, 0.2) is 12.1 Å². The van der Waals surface area contributed by atoms with Gasteiger partial charge in [0.1, 0.15) is 17.0 Å². The summed E-state index contributed by atoms with van der Waals surface area (Å²) in [5.74, 6) is 0.459. The summed E-state index contributed by atoms with van der Waals surface area (Å²) in [4.78, 5) is 12.8. The summed E-state index contributed by atoms with van der Waals surface area (Å²) in [5.41, 5.74) is 0.0272. The van der Waals surface area contributed by atoms with Crippen molar-refractivity contribution in [2.24, 2.45) is 0 Å². The highest BCUT2D eigenvalue weighted by Crippen LogP contribution is 2.44. The van der Waals surface area contributed by atoms with E-state index in [0.717, 1.165) is 0 Å². The number of alkyl halides is 2. The quantitative estimate of drug-likeness (QED) is 0.628. The first kappa shape index (κ1) is 15.9. The van der Waals surface area contributed by atoms with Crippen molar-refractivity contribution < 1.29 is 23.2 Å². The maximum atomic E-state index is 12.7. The average Bonchev–Trinajstić information content (AvgIpc) is 2.80. The van der Waals surface area contributed by atoms with Crippen molar-refractivity contribution in [3.63, 3.8) is 0 Å². The van der Waals surface area contributed by atoms with Gasteiger partial charge in [-0.2, -0.15) is 0 Å². The van der Waals surface area contributed by atoms with Gasteiger partial charge in [-0.05, 0) is 6.92 Å². The molecule has 1 fully saturated rings. The molecular formula is C15H18F2N2O4. The van der Waals surface area contributed by atoms with Crippen LogP contribution in [0.25, 0.3) is 0 Å². The molecule has 0 aromatic heterocycles. The number of nitrogens with zero attached hydrogens (tertiary/aromatic N) is 2. The van der Waals surface area contributed by atoms with Gasteiger partial charge in [0, 0.05) is 43.6 Å². The smallest absolute Gasteiger partial charge is 0.293 e. The van der Waals surface area contributed by atoms with Gasteiger partial charge in [0.05, 0.1) is 18.1 Å². The number of anilines is 1. The summed E-state index contributed by atoms with van der Waals surface area (Å²) >= 11 is 0. The van der Waals surface area contributed by atoms with Crippen LogP contribution in [0.2, 0.25) is 0 Å². The first-order chi connectivity index (χ1) is 10.9. The Morgan fingerprint density at radius 1 is 1.39 bits per heavy atom. The summed E-state index contributed by atoms with van der Waals surface area (Å²) in [7, 11) is 0. The number of rotatable bonds is 4. The van der Waals surface area contributed by atoms with Crippen LogP contribution in [0.5, 0.6) is 5.75 Å². The summed E-state index contributed by atoms with van der Waals surface area (Å²) in [5, 5.41) is 11.4. The number of benzene rings is 1. The minimum Gasteiger partial charge on any atom is -0.487 e. The molecule has 0 amide bonds. The van der Waals surface area contributed by atoms with Crippen molar-refractivity contribution in [1.82, 2.24) is 0 Å². The number of hydrogen-bond acceptors (Lipinski definition) is 5. The monoisotopic (exact) mass is 328 g/mol. The van der Waals surface area contributed by atoms with E-state index in [1.165, 1.54) is 6.07 Å². The maximum absolute atomic E-state index is 12.7. The predicted molar refractivity (Wildman–Crippen MR) is 79.5 cm³/mol. The van der Waals surface area contributed by atoms with E-state index in [4.69, 9.17) is 9.47 Å². The average molecular weight is 328 g/mol. The van der Waals surface area contributed by atoms with E-state index in [2.05, 4.69) is 0 Å². The molecule has 1 saturated heterocycles. The first-order valence-corrected chi connectivity index (χ1v) is 7.49. The number of hydrogen-bond donors (Lipinski definition) is 0. The van der Waals surface area contributed by atoms with Gasteiger partial charge in [0.15, 0.2) is 0 Å². The van der Waals surface area contributed by atoms with Crippen molar-refractivity contribution in [2.45, 2.75) is 31.8 Å². The number of fused-ring (bicyclic) bond motifs is 1. The molecule has 1 aromatic rings. The Balaban J connectivity index is 1.94. The van der Waals surface area contributed by atoms with Crippen LogP contribution < -0.4 is 9.64 Å². The molecule has 2 aliphatic heterocycles. The standard InChI is InChI=1S/C15H18F2N2O4/c1-15(9-14(16)17)8-10-6-12(19(20)21)11(7-13(10)23-15)18-2-4-22-5-3-18/h6-7,14H,2-5,8-9H2,1H3. The zero-order chi connectivity index (χ0) is 16.6. The molecule has 1 atom stereocenters. The molecule has 3 rings (SSSR count). The molecule has 0 aliphatic carbocycles. The van der Waals surface area contributed by atoms with Crippen molar-refractivity contribution in [3.8, 4) is 5.75 Å². The Bertz CT molecular complexity index is 620. The molecule has 0 bridgehead atoms. The fraction of sp³-hybridized carbons (Fsp3) is 0.600. The van der Waals surface area contributed by atoms with E-state index >= 15 is 0 Å².